The molecule has 0 aromatic carbocycles. The van der Waals surface area contributed by atoms with Gasteiger partial charge in [-0.25, -0.2) is 18.4 Å². The molecule has 0 saturated carbocycles. The van der Waals surface area contributed by atoms with Crippen molar-refractivity contribution in [1.29, 1.82) is 0 Å². The summed E-state index contributed by atoms with van der Waals surface area (Å²) in [6.45, 7) is 0.102. The first-order chi connectivity index (χ1) is 8.50. The van der Waals surface area contributed by atoms with Crippen molar-refractivity contribution in [2.45, 2.75) is 11.4 Å². The smallest absolute Gasteiger partial charge is 0.243 e. The summed E-state index contributed by atoms with van der Waals surface area (Å²) in [5, 5.41) is 6.26. The lowest BCUT2D eigenvalue weighted by molar-refractivity contribution is 0.457. The maximum atomic E-state index is 12.2. The number of nitrogen functional groups attached to an aromatic ring is 1. The van der Waals surface area contributed by atoms with E-state index in [-0.39, 0.29) is 17.3 Å². The second-order valence-electron chi connectivity index (χ2n) is 3.61. The lowest BCUT2D eigenvalue weighted by atomic mass is 10.5. The molecule has 96 valence electrons. The predicted octanol–water partition coefficient (Wildman–Crippen LogP) is -0.397. The molecule has 0 unspecified atom stereocenters. The zero-order valence-electron chi connectivity index (χ0n) is 9.61. The van der Waals surface area contributed by atoms with Gasteiger partial charge in [-0.05, 0) is 6.07 Å². The van der Waals surface area contributed by atoms with Crippen LogP contribution in [0.1, 0.15) is 5.82 Å². The number of anilines is 1. The van der Waals surface area contributed by atoms with Gasteiger partial charge in [0.1, 0.15) is 18.0 Å². The number of nitrogens with two attached hydrogens (primary N) is 1. The Labute approximate surface area is 104 Å². The third-order valence-electron chi connectivity index (χ3n) is 2.30. The SMILES string of the molecule is CN(Cc1ncn[nH]1)S(=O)(=O)c1ccnc(N)c1. The third kappa shape index (κ3) is 2.46. The molecule has 0 fully saturated rings. The van der Waals surface area contributed by atoms with Gasteiger partial charge in [-0.1, -0.05) is 0 Å². The van der Waals surface area contributed by atoms with E-state index in [0.29, 0.717) is 5.82 Å². The van der Waals surface area contributed by atoms with Crippen LogP contribution in [-0.4, -0.2) is 39.9 Å². The van der Waals surface area contributed by atoms with Crippen molar-refractivity contribution in [1.82, 2.24) is 24.5 Å². The van der Waals surface area contributed by atoms with Gasteiger partial charge < -0.3 is 5.73 Å². The van der Waals surface area contributed by atoms with Crippen molar-refractivity contribution < 1.29 is 8.42 Å². The van der Waals surface area contributed by atoms with E-state index in [4.69, 9.17) is 5.73 Å². The van der Waals surface area contributed by atoms with Crippen LogP contribution in [0.25, 0.3) is 0 Å². The lowest BCUT2D eigenvalue weighted by Crippen LogP contribution is -2.27. The van der Waals surface area contributed by atoms with Crippen molar-refractivity contribution in [2.75, 3.05) is 12.8 Å². The number of hydrogen-bond donors (Lipinski definition) is 2. The highest BCUT2D eigenvalue weighted by Crippen LogP contribution is 2.16. The average Bonchev–Trinajstić information content (AvgIpc) is 2.81. The topological polar surface area (TPSA) is 118 Å². The van der Waals surface area contributed by atoms with Gasteiger partial charge >= 0.3 is 0 Å². The van der Waals surface area contributed by atoms with E-state index in [2.05, 4.69) is 20.2 Å². The minimum absolute atomic E-state index is 0.0945. The number of pyridine rings is 1. The van der Waals surface area contributed by atoms with Crippen molar-refractivity contribution in [3.8, 4) is 0 Å². The molecule has 2 aromatic rings. The standard InChI is InChI=1S/C9H12N6O2S/c1-15(5-9-12-6-13-14-9)18(16,17)7-2-3-11-8(10)4-7/h2-4,6H,5H2,1H3,(H2,10,11)(H,12,13,14). The normalized spacial score (nSPS) is 11.9. The molecule has 2 aromatic heterocycles. The van der Waals surface area contributed by atoms with Crippen LogP contribution in [0.4, 0.5) is 5.82 Å². The number of hydrogen-bond acceptors (Lipinski definition) is 6. The highest BCUT2D eigenvalue weighted by atomic mass is 32.2. The average molecular weight is 268 g/mol. The maximum Gasteiger partial charge on any atom is 0.243 e. The quantitative estimate of drug-likeness (QED) is 0.779. The highest BCUT2D eigenvalue weighted by Gasteiger charge is 2.22. The van der Waals surface area contributed by atoms with Gasteiger partial charge in [0.25, 0.3) is 0 Å². The molecule has 0 spiro atoms. The molecule has 18 heavy (non-hydrogen) atoms. The Morgan fingerprint density at radius 1 is 1.44 bits per heavy atom. The first-order valence-corrected chi connectivity index (χ1v) is 6.46. The summed E-state index contributed by atoms with van der Waals surface area (Å²) in [6, 6.07) is 2.70. The zero-order chi connectivity index (χ0) is 13.2. The van der Waals surface area contributed by atoms with Crippen molar-refractivity contribution in [2.24, 2.45) is 0 Å². The number of nitrogens with zero attached hydrogens (tertiary/aromatic N) is 4. The van der Waals surface area contributed by atoms with Gasteiger partial charge in [0.05, 0.1) is 11.4 Å². The van der Waals surface area contributed by atoms with Gasteiger partial charge in [0.2, 0.25) is 10.0 Å². The number of H-pyrrole nitrogens is 1. The monoisotopic (exact) mass is 268 g/mol. The molecular weight excluding hydrogens is 256 g/mol. The summed E-state index contributed by atoms with van der Waals surface area (Å²) in [6.07, 6.45) is 2.67. The molecule has 3 N–H and O–H groups in total. The summed E-state index contributed by atoms with van der Waals surface area (Å²) in [5.41, 5.74) is 5.47. The Kier molecular flexibility index (Phi) is 3.26. The Morgan fingerprint density at radius 3 is 2.83 bits per heavy atom. The number of aromatic amines is 1. The molecule has 0 amide bonds. The van der Waals surface area contributed by atoms with Crippen LogP contribution in [0.15, 0.2) is 29.6 Å². The van der Waals surface area contributed by atoms with Gasteiger partial charge in [0.15, 0.2) is 0 Å². The fourth-order valence-electron chi connectivity index (χ4n) is 1.37. The van der Waals surface area contributed by atoms with E-state index in [0.717, 1.165) is 4.31 Å². The summed E-state index contributed by atoms with van der Waals surface area (Å²) < 4.78 is 25.5. The molecule has 0 radical (unpaired) electrons. The van der Waals surface area contributed by atoms with Crippen LogP contribution in [0.2, 0.25) is 0 Å². The molecule has 0 aliphatic rings. The first-order valence-electron chi connectivity index (χ1n) is 5.02. The maximum absolute atomic E-state index is 12.2. The second kappa shape index (κ2) is 4.70. The molecule has 0 bridgehead atoms. The molecule has 0 atom stereocenters. The van der Waals surface area contributed by atoms with Crippen molar-refractivity contribution >= 4 is 15.8 Å². The van der Waals surface area contributed by atoms with Crippen LogP contribution in [0, 0.1) is 0 Å². The van der Waals surface area contributed by atoms with Crippen LogP contribution in [-0.2, 0) is 16.6 Å². The molecule has 0 aliphatic heterocycles. The van der Waals surface area contributed by atoms with Gasteiger partial charge in [-0.2, -0.15) is 9.40 Å². The summed E-state index contributed by atoms with van der Waals surface area (Å²) >= 11 is 0. The summed E-state index contributed by atoms with van der Waals surface area (Å²) in [5.74, 6) is 0.618. The Balaban J connectivity index is 2.25. The molecule has 2 rings (SSSR count). The van der Waals surface area contributed by atoms with E-state index in [1.54, 1.807) is 0 Å². The Hall–Kier alpha value is -2.00. The minimum atomic E-state index is -3.61. The molecule has 2 heterocycles. The second-order valence-corrected chi connectivity index (χ2v) is 5.65. The van der Waals surface area contributed by atoms with Gasteiger partial charge in [0, 0.05) is 19.3 Å². The summed E-state index contributed by atoms with van der Waals surface area (Å²) in [4.78, 5) is 7.72. The van der Waals surface area contributed by atoms with Crippen LogP contribution < -0.4 is 5.73 Å². The molecule has 0 aliphatic carbocycles. The van der Waals surface area contributed by atoms with E-state index in [1.807, 2.05) is 0 Å². The first kappa shape index (κ1) is 12.5. The van der Waals surface area contributed by atoms with Crippen LogP contribution >= 0.6 is 0 Å². The number of nitrogens with one attached hydrogen (secondary N) is 1. The fourth-order valence-corrected chi connectivity index (χ4v) is 2.53. The largest absolute Gasteiger partial charge is 0.384 e. The minimum Gasteiger partial charge on any atom is -0.384 e. The lowest BCUT2D eigenvalue weighted by Gasteiger charge is -2.15. The van der Waals surface area contributed by atoms with Gasteiger partial charge in [-0.15, -0.1) is 0 Å². The number of rotatable bonds is 4. The van der Waals surface area contributed by atoms with Crippen molar-refractivity contribution in [3.05, 3.63) is 30.5 Å². The Morgan fingerprint density at radius 2 is 2.22 bits per heavy atom. The third-order valence-corrected chi connectivity index (χ3v) is 4.10. The molecule has 9 heteroatoms. The Bertz CT molecular complexity index is 624. The summed E-state index contributed by atoms with van der Waals surface area (Å²) in [7, 11) is -2.16. The fraction of sp³-hybridized carbons (Fsp3) is 0.222. The van der Waals surface area contributed by atoms with E-state index >= 15 is 0 Å². The number of aromatic nitrogens is 4. The predicted molar refractivity (Wildman–Crippen MR) is 63.7 cm³/mol. The molecule has 0 saturated heterocycles. The van der Waals surface area contributed by atoms with E-state index in [1.165, 1.54) is 31.7 Å². The van der Waals surface area contributed by atoms with E-state index in [9.17, 15) is 8.42 Å². The van der Waals surface area contributed by atoms with Crippen LogP contribution in [0.3, 0.4) is 0 Å². The van der Waals surface area contributed by atoms with Crippen LogP contribution in [0.5, 0.6) is 0 Å². The number of sulfonamides is 1. The highest BCUT2D eigenvalue weighted by molar-refractivity contribution is 7.89. The van der Waals surface area contributed by atoms with E-state index < -0.39 is 10.0 Å². The van der Waals surface area contributed by atoms with Crippen molar-refractivity contribution in [3.63, 3.8) is 0 Å². The van der Waals surface area contributed by atoms with Gasteiger partial charge in [-0.3, -0.25) is 5.10 Å². The zero-order valence-corrected chi connectivity index (χ0v) is 10.4. The molecule has 8 nitrogen and oxygen atoms in total. The molecular formula is C9H12N6O2S.